The highest BCUT2D eigenvalue weighted by molar-refractivity contribution is 6.31. The lowest BCUT2D eigenvalue weighted by Crippen LogP contribution is -1.77. The van der Waals surface area contributed by atoms with Gasteiger partial charge in [0.05, 0.1) is 5.02 Å². The van der Waals surface area contributed by atoms with Crippen LogP contribution in [0.3, 0.4) is 0 Å². The van der Waals surface area contributed by atoms with Gasteiger partial charge in [0.1, 0.15) is 5.82 Å². The maximum Gasteiger partial charge on any atom is 0.124 e. The lowest BCUT2D eigenvalue weighted by Gasteiger charge is -1.93. The zero-order valence-corrected chi connectivity index (χ0v) is 5.74. The summed E-state index contributed by atoms with van der Waals surface area (Å²) < 4.78 is 12.3. The van der Waals surface area contributed by atoms with Crippen molar-refractivity contribution in [1.82, 2.24) is 0 Å². The first kappa shape index (κ1) is 7.11. The molecule has 0 saturated carbocycles. The smallest absolute Gasteiger partial charge is 0.124 e. The minimum atomic E-state index is -0.399. The molecule has 1 aromatic rings. The molecule has 1 aromatic carbocycles. The van der Waals surface area contributed by atoms with Crippen LogP contribution in [0.15, 0.2) is 18.2 Å². The van der Waals surface area contributed by atoms with Crippen molar-refractivity contribution in [3.8, 4) is 5.92 Å². The fourth-order valence-corrected chi connectivity index (χ4v) is 0.805. The Bertz CT molecular complexity index is 286. The number of hydrogen-bond acceptors (Lipinski definition) is 0. The zero-order chi connectivity index (χ0) is 7.56. The third kappa shape index (κ3) is 1.29. The first-order valence-corrected chi connectivity index (χ1v) is 2.99. The van der Waals surface area contributed by atoms with Crippen LogP contribution in [0.25, 0.3) is 0 Å². The van der Waals surface area contributed by atoms with Crippen LogP contribution in [-0.2, 0) is 0 Å². The molecule has 0 aliphatic rings. The predicted molar refractivity (Wildman–Crippen MR) is 37.6 cm³/mol. The third-order valence-electron chi connectivity index (χ3n) is 1.07. The standard InChI is InChI=1S/C8H3ClF/c1-2-6-3-4-7(10)5-8(6)9/h3-5H. The molecule has 49 valence electrons. The van der Waals surface area contributed by atoms with Gasteiger partial charge in [-0.1, -0.05) is 17.5 Å². The maximum absolute atomic E-state index is 12.3. The molecule has 0 fully saturated rings. The van der Waals surface area contributed by atoms with E-state index in [-0.39, 0.29) is 5.02 Å². The normalized spacial score (nSPS) is 8.90. The second kappa shape index (κ2) is 2.72. The number of rotatable bonds is 0. The van der Waals surface area contributed by atoms with Crippen LogP contribution in [0, 0.1) is 18.2 Å². The van der Waals surface area contributed by atoms with Gasteiger partial charge in [-0.25, -0.2) is 4.39 Å². The number of hydrogen-bond donors (Lipinski definition) is 0. The quantitative estimate of drug-likeness (QED) is 0.502. The fourth-order valence-electron chi connectivity index (χ4n) is 0.591. The van der Waals surface area contributed by atoms with Gasteiger partial charge < -0.3 is 0 Å². The van der Waals surface area contributed by atoms with Crippen LogP contribution in [0.4, 0.5) is 4.39 Å². The number of halogens is 2. The van der Waals surface area contributed by atoms with Gasteiger partial charge in [-0.05, 0) is 24.6 Å². The van der Waals surface area contributed by atoms with Gasteiger partial charge in [0.2, 0.25) is 0 Å². The predicted octanol–water partition coefficient (Wildman–Crippen LogP) is 2.42. The first-order chi connectivity index (χ1) is 4.74. The monoisotopic (exact) mass is 153 g/mol. The molecule has 0 saturated heterocycles. The summed E-state index contributed by atoms with van der Waals surface area (Å²) in [6.07, 6.45) is 6.70. The second-order valence-electron chi connectivity index (χ2n) is 1.75. The Morgan fingerprint density at radius 2 is 2.20 bits per heavy atom. The fraction of sp³-hybridized carbons (Fsp3) is 0. The number of benzene rings is 1. The van der Waals surface area contributed by atoms with Crippen molar-refractivity contribution in [1.29, 1.82) is 0 Å². The summed E-state index contributed by atoms with van der Waals surface area (Å²) in [6.45, 7) is 0. The van der Waals surface area contributed by atoms with Crippen LogP contribution >= 0.6 is 11.6 Å². The zero-order valence-electron chi connectivity index (χ0n) is 4.99. The van der Waals surface area contributed by atoms with E-state index in [1.165, 1.54) is 12.1 Å². The van der Waals surface area contributed by atoms with E-state index in [9.17, 15) is 4.39 Å². The van der Waals surface area contributed by atoms with Crippen molar-refractivity contribution in [3.05, 3.63) is 41.0 Å². The highest BCUT2D eigenvalue weighted by atomic mass is 35.5. The minimum Gasteiger partial charge on any atom is -0.207 e. The average Bonchev–Trinajstić information content (AvgIpc) is 1.88. The summed E-state index contributed by atoms with van der Waals surface area (Å²) >= 11 is 5.51. The third-order valence-corrected chi connectivity index (χ3v) is 1.38. The summed E-state index contributed by atoms with van der Waals surface area (Å²) in [5.41, 5.74) is 0.406. The lowest BCUT2D eigenvalue weighted by atomic mass is 10.2. The Hall–Kier alpha value is -1.00. The summed E-state index contributed by atoms with van der Waals surface area (Å²) in [5.74, 6) is 1.67. The average molecular weight is 154 g/mol. The highest BCUT2D eigenvalue weighted by Crippen LogP contribution is 2.15. The molecule has 0 spiro atoms. The Kier molecular flexibility index (Phi) is 1.94. The molecule has 0 aromatic heterocycles. The van der Waals surface area contributed by atoms with Gasteiger partial charge in [0, 0.05) is 5.56 Å². The lowest BCUT2D eigenvalue weighted by molar-refractivity contribution is 0.628. The molecule has 1 radical (unpaired) electrons. The SMILES string of the molecule is [C]#Cc1ccc(F)cc1Cl. The molecule has 0 unspecified atom stereocenters. The summed E-state index contributed by atoms with van der Waals surface area (Å²) in [7, 11) is 0. The molecular formula is C8H3ClF. The Labute approximate surface area is 63.6 Å². The van der Waals surface area contributed by atoms with E-state index < -0.39 is 5.82 Å². The Morgan fingerprint density at radius 1 is 1.50 bits per heavy atom. The molecule has 0 nitrogen and oxygen atoms in total. The van der Waals surface area contributed by atoms with Crippen LogP contribution in [0.2, 0.25) is 5.02 Å². The summed E-state index contributed by atoms with van der Waals surface area (Å²) in [4.78, 5) is 0. The highest BCUT2D eigenvalue weighted by Gasteiger charge is 1.96. The molecule has 10 heavy (non-hydrogen) atoms. The second-order valence-corrected chi connectivity index (χ2v) is 2.16. The molecule has 0 bridgehead atoms. The molecule has 0 atom stereocenters. The molecule has 0 aliphatic heterocycles. The van der Waals surface area contributed by atoms with Crippen LogP contribution in [0.5, 0.6) is 0 Å². The van der Waals surface area contributed by atoms with E-state index in [0.717, 1.165) is 6.07 Å². The molecule has 1 rings (SSSR count). The molecule has 0 N–H and O–H groups in total. The van der Waals surface area contributed by atoms with Gasteiger partial charge in [-0.3, -0.25) is 0 Å². The van der Waals surface area contributed by atoms with E-state index in [1.807, 2.05) is 0 Å². The van der Waals surface area contributed by atoms with Crippen molar-refractivity contribution in [2.75, 3.05) is 0 Å². The molecule has 0 amide bonds. The van der Waals surface area contributed by atoms with Crippen molar-refractivity contribution in [2.45, 2.75) is 0 Å². The van der Waals surface area contributed by atoms with Gasteiger partial charge >= 0.3 is 0 Å². The van der Waals surface area contributed by atoms with E-state index >= 15 is 0 Å². The van der Waals surface area contributed by atoms with Crippen LogP contribution < -0.4 is 0 Å². The van der Waals surface area contributed by atoms with Crippen molar-refractivity contribution < 1.29 is 4.39 Å². The molecule has 0 heterocycles. The largest absolute Gasteiger partial charge is 0.207 e. The molecular weight excluding hydrogens is 151 g/mol. The molecule has 0 aliphatic carbocycles. The maximum atomic E-state index is 12.3. The van der Waals surface area contributed by atoms with Gasteiger partial charge in [-0.15, -0.1) is 0 Å². The summed E-state index contributed by atoms with van der Waals surface area (Å²) in [5, 5.41) is 0.218. The van der Waals surface area contributed by atoms with Crippen molar-refractivity contribution in [2.24, 2.45) is 0 Å². The Morgan fingerprint density at radius 3 is 2.70 bits per heavy atom. The Balaban J connectivity index is 3.23. The van der Waals surface area contributed by atoms with Gasteiger partial charge in [0.15, 0.2) is 0 Å². The van der Waals surface area contributed by atoms with Crippen LogP contribution in [0.1, 0.15) is 5.56 Å². The van der Waals surface area contributed by atoms with Crippen molar-refractivity contribution in [3.63, 3.8) is 0 Å². The van der Waals surface area contributed by atoms with E-state index in [2.05, 4.69) is 5.92 Å². The van der Waals surface area contributed by atoms with Crippen LogP contribution in [-0.4, -0.2) is 0 Å². The van der Waals surface area contributed by atoms with Gasteiger partial charge in [0.25, 0.3) is 0 Å². The summed E-state index contributed by atoms with van der Waals surface area (Å²) in [6, 6.07) is 3.80. The topological polar surface area (TPSA) is 0 Å². The van der Waals surface area contributed by atoms with Gasteiger partial charge in [-0.2, -0.15) is 0 Å². The van der Waals surface area contributed by atoms with Crippen molar-refractivity contribution >= 4 is 11.6 Å². The first-order valence-electron chi connectivity index (χ1n) is 2.62. The van der Waals surface area contributed by atoms with E-state index in [1.54, 1.807) is 0 Å². The molecule has 2 heteroatoms. The van der Waals surface area contributed by atoms with E-state index in [0.29, 0.717) is 5.56 Å². The van der Waals surface area contributed by atoms with E-state index in [4.69, 9.17) is 18.0 Å². The minimum absolute atomic E-state index is 0.218.